The first-order chi connectivity index (χ1) is 27.2. The predicted molar refractivity (Wildman–Crippen MR) is 225 cm³/mol. The lowest BCUT2D eigenvalue weighted by molar-refractivity contribution is -0.121. The van der Waals surface area contributed by atoms with E-state index < -0.39 is 11.2 Å². The van der Waals surface area contributed by atoms with E-state index in [1.165, 1.54) is 6.08 Å². The molecule has 8 N–H and O–H groups in total. The molecule has 3 aliphatic carbocycles. The Morgan fingerprint density at radius 2 is 1.63 bits per heavy atom. The first kappa shape index (κ1) is 41.6. The van der Waals surface area contributed by atoms with Crippen molar-refractivity contribution >= 4 is 45.2 Å². The molecule has 16 heteroatoms. The number of para-hydroxylation sites is 1. The Morgan fingerprint density at radius 1 is 0.965 bits per heavy atom. The third kappa shape index (κ3) is 9.90. The van der Waals surface area contributed by atoms with E-state index in [0.29, 0.717) is 17.7 Å². The minimum Gasteiger partial charge on any atom is -0.393 e. The summed E-state index contributed by atoms with van der Waals surface area (Å²) in [6.07, 6.45) is 11.9. The molecule has 3 heterocycles. The lowest BCUT2D eigenvalue weighted by atomic mass is 9.59. The van der Waals surface area contributed by atoms with E-state index in [1.54, 1.807) is 18.2 Å². The number of carbonyl (C=O) groups excluding carboxylic acids is 3. The van der Waals surface area contributed by atoms with Gasteiger partial charge in [-0.1, -0.05) is 25.1 Å². The Hall–Kier alpha value is -5.08. The van der Waals surface area contributed by atoms with Crippen LogP contribution in [0.4, 0.5) is 11.4 Å². The molecule has 1 aromatic carbocycles. The molecular formula is C41H55B2N11O3. The summed E-state index contributed by atoms with van der Waals surface area (Å²) in [4.78, 5) is 45.4. The standard InChI is InChI=1S/C38H46B2N10O3.C3H9N/c1-3-30-35-27(19-43-50(35)25-16-14-23(15-17-25)48-38(39,40)31-9-4-6-24(20-51)44-31)26-7-5-8-28(34(26)49(30)2)46-29(33(42)37(53)45-22-12-13-22)18-32(41)47-36(52)21-10-11-21;1-4(2)3/h4-9,18-23,25,30,46,48H,3,10-17,41-42H2,1-2H3,(H,45,53)(H,47,52);1-3H3/b32-18+,33-29+;. The molecule has 3 saturated carbocycles. The van der Waals surface area contributed by atoms with Crippen molar-refractivity contribution in [3.63, 3.8) is 0 Å². The van der Waals surface area contributed by atoms with Crippen LogP contribution in [-0.4, -0.2) is 93.7 Å². The maximum absolute atomic E-state index is 13.1. The largest absolute Gasteiger partial charge is 0.393 e. The van der Waals surface area contributed by atoms with E-state index in [1.807, 2.05) is 44.4 Å². The number of hydrogen-bond donors (Lipinski definition) is 6. The van der Waals surface area contributed by atoms with Gasteiger partial charge in [0.15, 0.2) is 6.29 Å². The molecule has 298 valence electrons. The zero-order chi connectivity index (χ0) is 41.0. The normalized spacial score (nSPS) is 21.0. The van der Waals surface area contributed by atoms with E-state index in [9.17, 15) is 14.4 Å². The molecule has 14 nitrogen and oxygen atoms in total. The average Bonchev–Trinajstić information content (AvgIpc) is 4.13. The summed E-state index contributed by atoms with van der Waals surface area (Å²) >= 11 is 0. The van der Waals surface area contributed by atoms with Gasteiger partial charge in [-0.15, -0.1) is 0 Å². The quantitative estimate of drug-likeness (QED) is 0.0648. The highest BCUT2D eigenvalue weighted by molar-refractivity contribution is 6.39. The summed E-state index contributed by atoms with van der Waals surface area (Å²) in [5, 5.41) is 16.1. The van der Waals surface area contributed by atoms with Crippen LogP contribution in [0.5, 0.6) is 0 Å². The number of benzene rings is 1. The van der Waals surface area contributed by atoms with E-state index in [-0.39, 0.29) is 53.2 Å². The van der Waals surface area contributed by atoms with Crippen molar-refractivity contribution in [3.05, 3.63) is 83.0 Å². The number of nitrogens with one attached hydrogen (secondary N) is 4. The van der Waals surface area contributed by atoms with Gasteiger partial charge >= 0.3 is 0 Å². The Labute approximate surface area is 338 Å². The van der Waals surface area contributed by atoms with E-state index in [4.69, 9.17) is 32.3 Å². The molecular weight excluding hydrogens is 716 g/mol. The van der Waals surface area contributed by atoms with Crippen molar-refractivity contribution in [1.29, 1.82) is 0 Å². The Balaban J connectivity index is 0.00000131. The molecule has 57 heavy (non-hydrogen) atoms. The monoisotopic (exact) mass is 771 g/mol. The van der Waals surface area contributed by atoms with E-state index >= 15 is 0 Å². The van der Waals surface area contributed by atoms with Gasteiger partial charge in [0.2, 0.25) is 5.91 Å². The molecule has 1 aliphatic heterocycles. The lowest BCUT2D eigenvalue weighted by Gasteiger charge is -2.40. The number of nitrogens with zero attached hydrogens (tertiary/aromatic N) is 5. The highest BCUT2D eigenvalue weighted by atomic mass is 16.2. The summed E-state index contributed by atoms with van der Waals surface area (Å²) in [5.74, 6) is -0.454. The topological polar surface area (TPSA) is 189 Å². The highest BCUT2D eigenvalue weighted by Gasteiger charge is 2.37. The van der Waals surface area contributed by atoms with Crippen LogP contribution in [-0.2, 0) is 14.9 Å². The minimum absolute atomic E-state index is 0.0112. The van der Waals surface area contributed by atoms with Crippen LogP contribution in [0.25, 0.3) is 11.1 Å². The SMILES string of the molecule is CN(C)C.[B]C([B])(NC1CCC(n2ncc3c2C(CC)N(C)c2c(NC(/C=C(\N)NC(=O)C4CC4)=C(/N)C(=O)NC4CC4)cccc2-3)CC1)c1cccc(C=O)n1. The maximum Gasteiger partial charge on any atom is 0.269 e. The first-order valence-electron chi connectivity index (χ1n) is 19.9. The zero-order valence-electron chi connectivity index (χ0n) is 33.7. The predicted octanol–water partition coefficient (Wildman–Crippen LogP) is 3.24. The number of aldehydes is 1. The number of nitrogens with two attached hydrogens (primary N) is 2. The fourth-order valence-corrected chi connectivity index (χ4v) is 7.60. The molecule has 3 fully saturated rings. The summed E-state index contributed by atoms with van der Waals surface area (Å²) in [5.41, 5.74) is 18.6. The maximum atomic E-state index is 13.1. The molecule has 2 aromatic heterocycles. The third-order valence-corrected chi connectivity index (χ3v) is 10.7. The van der Waals surface area contributed by atoms with E-state index in [0.717, 1.165) is 86.0 Å². The van der Waals surface area contributed by atoms with Gasteiger partial charge in [-0.25, -0.2) is 4.98 Å². The van der Waals surface area contributed by atoms with Crippen molar-refractivity contribution in [3.8, 4) is 11.1 Å². The lowest BCUT2D eigenvalue weighted by Crippen LogP contribution is -2.50. The number of fused-ring (bicyclic) bond motifs is 3. The van der Waals surface area contributed by atoms with Crippen LogP contribution in [0, 0.1) is 5.92 Å². The van der Waals surface area contributed by atoms with E-state index in [2.05, 4.69) is 55.9 Å². The number of rotatable bonds is 13. The van der Waals surface area contributed by atoms with Gasteiger partial charge in [0.05, 0.1) is 56.7 Å². The van der Waals surface area contributed by atoms with Crippen LogP contribution in [0.2, 0.25) is 0 Å². The van der Waals surface area contributed by atoms with Crippen molar-refractivity contribution < 1.29 is 14.4 Å². The summed E-state index contributed by atoms with van der Waals surface area (Å²) < 4.78 is 2.20. The number of carbonyl (C=O) groups is 3. The molecule has 0 bridgehead atoms. The van der Waals surface area contributed by atoms with Crippen molar-refractivity contribution in [2.45, 2.75) is 94.2 Å². The summed E-state index contributed by atoms with van der Waals surface area (Å²) in [6.45, 7) is 2.16. The average molecular weight is 772 g/mol. The molecule has 3 aromatic rings. The number of amides is 2. The van der Waals surface area contributed by atoms with Crippen LogP contribution in [0.3, 0.4) is 0 Å². The fraction of sp³-hybridized carbons (Fsp3) is 0.488. The number of pyridine rings is 1. The molecule has 0 spiro atoms. The Kier molecular flexibility index (Phi) is 12.8. The molecule has 4 radical (unpaired) electrons. The molecule has 1 atom stereocenters. The number of allylic oxidation sites excluding steroid dienone is 1. The van der Waals surface area contributed by atoms with Gasteiger partial charge in [-0.2, -0.15) is 5.10 Å². The molecule has 2 amide bonds. The van der Waals surface area contributed by atoms with Crippen LogP contribution in [0.15, 0.2) is 65.9 Å². The first-order valence-corrected chi connectivity index (χ1v) is 19.9. The smallest absolute Gasteiger partial charge is 0.269 e. The number of anilines is 2. The summed E-state index contributed by atoms with van der Waals surface area (Å²) in [6, 6.07) is 11.4. The Morgan fingerprint density at radius 3 is 2.26 bits per heavy atom. The molecule has 1 unspecified atom stereocenters. The zero-order valence-corrected chi connectivity index (χ0v) is 33.7. The Bertz CT molecular complexity index is 2010. The van der Waals surface area contributed by atoms with Gasteiger partial charge in [0.1, 0.15) is 17.2 Å². The van der Waals surface area contributed by atoms with Crippen LogP contribution >= 0.6 is 0 Å². The number of hydrogen-bond acceptors (Lipinski definition) is 11. The molecule has 4 aliphatic rings. The van der Waals surface area contributed by atoms with Crippen molar-refractivity contribution in [2.75, 3.05) is 38.4 Å². The van der Waals surface area contributed by atoms with Crippen LogP contribution < -0.4 is 37.6 Å². The molecule has 7 rings (SSSR count). The highest BCUT2D eigenvalue weighted by Crippen LogP contribution is 2.50. The van der Waals surface area contributed by atoms with Gasteiger partial charge in [-0.05, 0) is 102 Å². The van der Waals surface area contributed by atoms with Crippen molar-refractivity contribution in [2.24, 2.45) is 17.4 Å². The van der Waals surface area contributed by atoms with Gasteiger partial charge in [-0.3, -0.25) is 19.1 Å². The van der Waals surface area contributed by atoms with Gasteiger partial charge in [0, 0.05) is 47.9 Å². The fourth-order valence-electron chi connectivity index (χ4n) is 7.60. The van der Waals surface area contributed by atoms with Gasteiger partial charge < -0.3 is 42.5 Å². The van der Waals surface area contributed by atoms with Gasteiger partial charge in [0.25, 0.3) is 5.91 Å². The molecule has 0 saturated heterocycles. The third-order valence-electron chi connectivity index (χ3n) is 10.7. The van der Waals surface area contributed by atoms with Crippen molar-refractivity contribution in [1.82, 2.24) is 35.6 Å². The summed E-state index contributed by atoms with van der Waals surface area (Å²) in [7, 11) is 21.0. The second kappa shape index (κ2) is 17.6. The minimum atomic E-state index is -1.38. The second-order valence-corrected chi connectivity index (χ2v) is 16.1. The van der Waals surface area contributed by atoms with Crippen LogP contribution in [0.1, 0.15) is 98.7 Å². The second-order valence-electron chi connectivity index (χ2n) is 16.1. The number of aromatic nitrogens is 3.